The average molecular weight is 398 g/mol. The maximum Gasteiger partial charge on any atom is 0.342 e. The maximum absolute atomic E-state index is 12.4. The van der Waals surface area contributed by atoms with E-state index in [4.69, 9.17) is 9.47 Å². The highest BCUT2D eigenvalue weighted by Crippen LogP contribution is 2.21. The van der Waals surface area contributed by atoms with Gasteiger partial charge in [0.2, 0.25) is 5.91 Å². The molecule has 0 bridgehead atoms. The summed E-state index contributed by atoms with van der Waals surface area (Å²) in [6, 6.07) is 10.8. The number of ether oxygens (including phenoxy) is 2. The number of esters is 1. The number of hydrogen-bond donors (Lipinski definition) is 2. The Hall–Kier alpha value is -3.35. The Morgan fingerprint density at radius 3 is 2.31 bits per heavy atom. The Balaban J connectivity index is 1.91. The van der Waals surface area contributed by atoms with Crippen molar-refractivity contribution in [3.8, 4) is 5.75 Å². The van der Waals surface area contributed by atoms with Gasteiger partial charge in [-0.05, 0) is 51.0 Å². The van der Waals surface area contributed by atoms with Gasteiger partial charge in [0.05, 0.1) is 13.7 Å². The quantitative estimate of drug-likeness (QED) is 0.700. The molecule has 0 spiro atoms. The summed E-state index contributed by atoms with van der Waals surface area (Å²) in [7, 11) is 1.45. The first-order chi connectivity index (χ1) is 13.7. The monoisotopic (exact) mass is 398 g/mol. The molecule has 2 aromatic rings. The lowest BCUT2D eigenvalue weighted by Crippen LogP contribution is -2.40. The number of methoxy groups -OCH3 is 1. The van der Waals surface area contributed by atoms with E-state index in [9.17, 15) is 14.4 Å². The molecular formula is C22H26N2O5. The molecule has 0 fully saturated rings. The molecule has 1 atom stereocenters. The van der Waals surface area contributed by atoms with E-state index in [0.717, 1.165) is 22.4 Å². The Morgan fingerprint density at radius 1 is 1.03 bits per heavy atom. The van der Waals surface area contributed by atoms with E-state index >= 15 is 0 Å². The summed E-state index contributed by atoms with van der Waals surface area (Å²) in [6.45, 7) is 6.83. The number of anilines is 1. The summed E-state index contributed by atoms with van der Waals surface area (Å²) in [6.07, 6.45) is -1.07. The molecule has 0 radical (unpaired) electrons. The Kier molecular flexibility index (Phi) is 7.36. The van der Waals surface area contributed by atoms with Crippen LogP contribution in [-0.4, -0.2) is 37.5 Å². The zero-order valence-electron chi connectivity index (χ0n) is 17.3. The minimum atomic E-state index is -1.07. The minimum absolute atomic E-state index is 0.234. The van der Waals surface area contributed by atoms with Crippen molar-refractivity contribution >= 4 is 23.5 Å². The molecule has 7 nitrogen and oxygen atoms in total. The number of amides is 2. The van der Waals surface area contributed by atoms with Gasteiger partial charge in [0, 0.05) is 5.69 Å². The maximum atomic E-state index is 12.4. The summed E-state index contributed by atoms with van der Waals surface area (Å²) >= 11 is 0. The third-order valence-electron chi connectivity index (χ3n) is 4.40. The number of nitrogens with one attached hydrogen (secondary N) is 2. The molecule has 0 aromatic heterocycles. The van der Waals surface area contributed by atoms with E-state index in [1.165, 1.54) is 14.0 Å². The lowest BCUT2D eigenvalue weighted by Gasteiger charge is -2.16. The van der Waals surface area contributed by atoms with E-state index in [1.807, 2.05) is 39.0 Å². The summed E-state index contributed by atoms with van der Waals surface area (Å²) in [5.74, 6) is -1.24. The van der Waals surface area contributed by atoms with E-state index in [2.05, 4.69) is 10.6 Å². The minimum Gasteiger partial charge on any atom is -0.496 e. The Labute approximate surface area is 170 Å². The van der Waals surface area contributed by atoms with Crippen molar-refractivity contribution in [2.24, 2.45) is 0 Å². The zero-order valence-corrected chi connectivity index (χ0v) is 17.3. The van der Waals surface area contributed by atoms with Gasteiger partial charge < -0.3 is 20.1 Å². The van der Waals surface area contributed by atoms with Gasteiger partial charge in [0.1, 0.15) is 11.3 Å². The van der Waals surface area contributed by atoms with Gasteiger partial charge in [-0.1, -0.05) is 29.8 Å². The van der Waals surface area contributed by atoms with Crippen LogP contribution < -0.4 is 15.4 Å². The SMILES string of the molecule is COc1ccc(C)cc1C(=O)OC(C)C(=O)NCC(=O)Nc1c(C)cccc1C. The van der Waals surface area contributed by atoms with Crippen LogP contribution in [0.1, 0.15) is 34.0 Å². The van der Waals surface area contributed by atoms with Crippen LogP contribution in [0.2, 0.25) is 0 Å². The first-order valence-electron chi connectivity index (χ1n) is 9.22. The van der Waals surface area contributed by atoms with Crippen molar-refractivity contribution < 1.29 is 23.9 Å². The van der Waals surface area contributed by atoms with Crippen LogP contribution in [0, 0.1) is 20.8 Å². The van der Waals surface area contributed by atoms with Crippen LogP contribution in [0.5, 0.6) is 5.75 Å². The van der Waals surface area contributed by atoms with Gasteiger partial charge in [0.15, 0.2) is 6.10 Å². The predicted octanol–water partition coefficient (Wildman–Crippen LogP) is 2.92. The largest absolute Gasteiger partial charge is 0.496 e. The van der Waals surface area contributed by atoms with E-state index in [1.54, 1.807) is 18.2 Å². The van der Waals surface area contributed by atoms with Crippen LogP contribution in [0.25, 0.3) is 0 Å². The number of rotatable bonds is 7. The summed E-state index contributed by atoms with van der Waals surface area (Å²) in [5.41, 5.74) is 3.67. The molecule has 1 unspecified atom stereocenters. The first-order valence-corrected chi connectivity index (χ1v) is 9.22. The third-order valence-corrected chi connectivity index (χ3v) is 4.40. The number of carbonyl (C=O) groups excluding carboxylic acids is 3. The molecule has 0 aliphatic rings. The number of benzene rings is 2. The average Bonchev–Trinajstić information content (AvgIpc) is 2.68. The van der Waals surface area contributed by atoms with Gasteiger partial charge in [-0.15, -0.1) is 0 Å². The van der Waals surface area contributed by atoms with Gasteiger partial charge in [-0.3, -0.25) is 9.59 Å². The van der Waals surface area contributed by atoms with Crippen LogP contribution in [0.3, 0.4) is 0 Å². The highest BCUT2D eigenvalue weighted by molar-refractivity contribution is 5.97. The van der Waals surface area contributed by atoms with Crippen molar-refractivity contribution in [2.45, 2.75) is 33.8 Å². The van der Waals surface area contributed by atoms with E-state index in [0.29, 0.717) is 5.75 Å². The van der Waals surface area contributed by atoms with Gasteiger partial charge >= 0.3 is 5.97 Å². The van der Waals surface area contributed by atoms with Gasteiger partial charge in [-0.2, -0.15) is 0 Å². The molecule has 2 rings (SSSR count). The Morgan fingerprint density at radius 2 is 1.69 bits per heavy atom. The molecule has 0 heterocycles. The molecule has 154 valence electrons. The standard InChI is InChI=1S/C22H26N2O5/c1-13-9-10-18(28-5)17(11-13)22(27)29-16(4)21(26)23-12-19(25)24-20-14(2)7-6-8-15(20)3/h6-11,16H,12H2,1-5H3,(H,23,26)(H,24,25). The molecule has 0 saturated heterocycles. The predicted molar refractivity (Wildman–Crippen MR) is 110 cm³/mol. The third kappa shape index (κ3) is 5.81. The van der Waals surface area contributed by atoms with Crippen LogP contribution in [0.4, 0.5) is 5.69 Å². The highest BCUT2D eigenvalue weighted by atomic mass is 16.5. The molecule has 2 aromatic carbocycles. The topological polar surface area (TPSA) is 93.7 Å². The van der Waals surface area contributed by atoms with Crippen LogP contribution in [-0.2, 0) is 14.3 Å². The summed E-state index contributed by atoms with van der Waals surface area (Å²) < 4.78 is 10.4. The van der Waals surface area contributed by atoms with Crippen molar-refractivity contribution in [1.29, 1.82) is 0 Å². The molecule has 0 saturated carbocycles. The van der Waals surface area contributed by atoms with Gasteiger partial charge in [-0.25, -0.2) is 4.79 Å². The second kappa shape index (κ2) is 9.73. The summed E-state index contributed by atoms with van der Waals surface area (Å²) in [4.78, 5) is 36.8. The van der Waals surface area contributed by atoms with E-state index < -0.39 is 18.0 Å². The lowest BCUT2D eigenvalue weighted by atomic mass is 10.1. The lowest BCUT2D eigenvalue weighted by molar-refractivity contribution is -0.130. The normalized spacial score (nSPS) is 11.3. The highest BCUT2D eigenvalue weighted by Gasteiger charge is 2.22. The fraction of sp³-hybridized carbons (Fsp3) is 0.318. The second-order valence-corrected chi connectivity index (χ2v) is 6.78. The van der Waals surface area contributed by atoms with Crippen molar-refractivity contribution in [1.82, 2.24) is 5.32 Å². The molecule has 7 heteroatoms. The molecule has 0 aliphatic carbocycles. The number of aryl methyl sites for hydroxylation is 3. The van der Waals surface area contributed by atoms with Crippen LogP contribution >= 0.6 is 0 Å². The zero-order chi connectivity index (χ0) is 21.6. The fourth-order valence-electron chi connectivity index (χ4n) is 2.77. The number of carbonyl (C=O) groups is 3. The first kappa shape index (κ1) is 21.9. The Bertz CT molecular complexity index is 903. The molecule has 0 aliphatic heterocycles. The number of para-hydroxylation sites is 1. The van der Waals surface area contributed by atoms with Gasteiger partial charge in [0.25, 0.3) is 5.91 Å². The number of hydrogen-bond acceptors (Lipinski definition) is 5. The molecule has 2 amide bonds. The summed E-state index contributed by atoms with van der Waals surface area (Å²) in [5, 5.41) is 5.26. The molecule has 29 heavy (non-hydrogen) atoms. The second-order valence-electron chi connectivity index (χ2n) is 6.78. The van der Waals surface area contributed by atoms with Crippen molar-refractivity contribution in [3.05, 3.63) is 58.7 Å². The smallest absolute Gasteiger partial charge is 0.342 e. The molecule has 2 N–H and O–H groups in total. The van der Waals surface area contributed by atoms with Crippen molar-refractivity contribution in [2.75, 3.05) is 19.0 Å². The van der Waals surface area contributed by atoms with Crippen LogP contribution in [0.15, 0.2) is 36.4 Å². The van der Waals surface area contributed by atoms with E-state index in [-0.39, 0.29) is 18.0 Å². The molecular weight excluding hydrogens is 372 g/mol. The fourth-order valence-corrected chi connectivity index (χ4v) is 2.77. The van der Waals surface area contributed by atoms with Crippen molar-refractivity contribution in [3.63, 3.8) is 0 Å².